The van der Waals surface area contributed by atoms with E-state index in [0.29, 0.717) is 63.0 Å². The highest BCUT2D eigenvalue weighted by molar-refractivity contribution is 7.17. The summed E-state index contributed by atoms with van der Waals surface area (Å²) < 4.78 is 46.4. The van der Waals surface area contributed by atoms with Crippen molar-refractivity contribution in [3.05, 3.63) is 111 Å². The fraction of sp³-hybridized carbons (Fsp3) is 0.242. The first kappa shape index (κ1) is 31.6. The largest absolute Gasteiger partial charge is 0.421 e. The smallest absolute Gasteiger partial charge is 0.261 e. The number of hydrogen-bond acceptors (Lipinski definition) is 7. The highest BCUT2D eigenvalue weighted by Gasteiger charge is 2.29. The zero-order valence-electron chi connectivity index (χ0n) is 24.8. The summed E-state index contributed by atoms with van der Waals surface area (Å²) in [7, 11) is 0. The molecule has 3 aromatic heterocycles. The topological polar surface area (TPSA) is 124 Å². The third kappa shape index (κ3) is 7.28. The Labute approximate surface area is 261 Å². The van der Waals surface area contributed by atoms with Crippen molar-refractivity contribution in [3.63, 3.8) is 0 Å². The second kappa shape index (κ2) is 13.4. The Morgan fingerprint density at radius 2 is 1.64 bits per heavy atom. The van der Waals surface area contributed by atoms with E-state index in [0.717, 1.165) is 29.0 Å². The first-order valence-electron chi connectivity index (χ1n) is 14.2. The first-order valence-corrected chi connectivity index (χ1v) is 15.0. The molecule has 0 spiro atoms. The normalized spacial score (nSPS) is 11.3. The number of carbonyl (C=O) groups is 2. The van der Waals surface area contributed by atoms with Crippen molar-refractivity contribution in [2.45, 2.75) is 46.6 Å². The molecule has 3 heterocycles. The second-order valence-corrected chi connectivity index (χ2v) is 12.0. The molecular formula is C33H30F3N5O3S. The minimum Gasteiger partial charge on any atom is -0.421 e. The third-order valence-electron chi connectivity index (χ3n) is 7.01. The lowest BCUT2D eigenvalue weighted by Gasteiger charge is -2.19. The second-order valence-electron chi connectivity index (χ2n) is 10.9. The van der Waals surface area contributed by atoms with Gasteiger partial charge in [0.1, 0.15) is 5.82 Å². The summed E-state index contributed by atoms with van der Waals surface area (Å²) in [5, 5.41) is 11.0. The Balaban J connectivity index is 1.60. The molecule has 5 aromatic rings. The van der Waals surface area contributed by atoms with E-state index in [-0.39, 0.29) is 29.7 Å². The van der Waals surface area contributed by atoms with Gasteiger partial charge in [-0.25, -0.2) is 13.2 Å². The fourth-order valence-electron chi connectivity index (χ4n) is 4.97. The van der Waals surface area contributed by atoms with Crippen LogP contribution in [0.5, 0.6) is 0 Å². The number of primary amides is 1. The Morgan fingerprint density at radius 1 is 0.911 bits per heavy atom. The number of nitrogens with zero attached hydrogens (tertiary/aromatic N) is 3. The molecular weight excluding hydrogens is 603 g/mol. The van der Waals surface area contributed by atoms with Gasteiger partial charge in [-0.3, -0.25) is 14.6 Å². The van der Waals surface area contributed by atoms with Crippen molar-refractivity contribution in [2.24, 2.45) is 11.7 Å². The molecule has 0 bridgehead atoms. The van der Waals surface area contributed by atoms with Crippen LogP contribution in [0.3, 0.4) is 0 Å². The third-order valence-corrected chi connectivity index (χ3v) is 8.11. The number of rotatable bonds is 11. The number of carbonyl (C=O) groups excluding carboxylic acids is 2. The molecule has 232 valence electrons. The average molecular weight is 634 g/mol. The van der Waals surface area contributed by atoms with Crippen LogP contribution in [0, 0.1) is 30.3 Å². The van der Waals surface area contributed by atoms with Crippen LogP contribution in [0.25, 0.3) is 21.9 Å². The molecule has 0 aliphatic rings. The van der Waals surface area contributed by atoms with E-state index in [4.69, 9.17) is 15.1 Å². The van der Waals surface area contributed by atoms with E-state index in [1.54, 1.807) is 31.2 Å². The number of hydrogen-bond donors (Lipinski definition) is 2. The van der Waals surface area contributed by atoms with Crippen molar-refractivity contribution in [3.8, 4) is 21.9 Å². The molecule has 0 fully saturated rings. The zero-order chi connectivity index (χ0) is 32.2. The van der Waals surface area contributed by atoms with Crippen LogP contribution in [0.15, 0.2) is 59.0 Å². The van der Waals surface area contributed by atoms with Gasteiger partial charge in [-0.05, 0) is 72.7 Å². The SMILES string of the molecule is Cc1nnc(-c2c(CCc3ccc(F)cc3)nc(CC(C)C)c(C(N)=O)c2-c2ccc(C(=O)NCc3ccc(F)c(F)c3)s2)o1. The van der Waals surface area contributed by atoms with Crippen LogP contribution < -0.4 is 11.1 Å². The molecule has 3 N–H and O–H groups in total. The monoisotopic (exact) mass is 633 g/mol. The number of pyridine rings is 1. The van der Waals surface area contributed by atoms with Crippen LogP contribution in [0.1, 0.15) is 62.3 Å². The van der Waals surface area contributed by atoms with Gasteiger partial charge < -0.3 is 15.5 Å². The summed E-state index contributed by atoms with van der Waals surface area (Å²) in [6, 6.07) is 12.9. The highest BCUT2D eigenvalue weighted by atomic mass is 32.1. The minimum absolute atomic E-state index is 0.0242. The van der Waals surface area contributed by atoms with Gasteiger partial charge in [-0.15, -0.1) is 21.5 Å². The first-order chi connectivity index (χ1) is 21.5. The number of nitrogens with one attached hydrogen (secondary N) is 1. The molecule has 0 radical (unpaired) electrons. The summed E-state index contributed by atoms with van der Waals surface area (Å²) in [5.74, 6) is -2.89. The van der Waals surface area contributed by atoms with E-state index in [1.165, 1.54) is 18.2 Å². The molecule has 0 unspecified atom stereocenters. The van der Waals surface area contributed by atoms with Crippen LogP contribution in [0.4, 0.5) is 13.2 Å². The summed E-state index contributed by atoms with van der Waals surface area (Å²) in [6.07, 6.45) is 1.35. The molecule has 2 amide bonds. The molecule has 5 rings (SSSR count). The molecule has 0 saturated heterocycles. The maximum absolute atomic E-state index is 13.7. The fourth-order valence-corrected chi connectivity index (χ4v) is 5.95. The number of aromatic nitrogens is 3. The van der Waals surface area contributed by atoms with Gasteiger partial charge in [0.25, 0.3) is 11.8 Å². The molecule has 0 atom stereocenters. The van der Waals surface area contributed by atoms with Gasteiger partial charge in [0.15, 0.2) is 11.6 Å². The summed E-state index contributed by atoms with van der Waals surface area (Å²) in [4.78, 5) is 32.0. The number of nitrogens with two attached hydrogens (primary N) is 1. The summed E-state index contributed by atoms with van der Waals surface area (Å²) in [6.45, 7) is 5.62. The Morgan fingerprint density at radius 3 is 2.29 bits per heavy atom. The standard InChI is InChI=1S/C33H30F3N5O3S/c1-17(2)14-25-28(31(37)42)30(26-12-13-27(45-26)32(43)38-16-20-6-10-22(35)23(36)15-20)29(33-41-40-18(3)44-33)24(39-25)11-7-19-4-8-21(34)9-5-19/h4-6,8-10,12-13,15,17H,7,11,14,16H2,1-3H3,(H2,37,42)(H,38,43). The molecule has 0 saturated carbocycles. The maximum Gasteiger partial charge on any atom is 0.261 e. The number of benzene rings is 2. The van der Waals surface area contributed by atoms with E-state index < -0.39 is 23.4 Å². The molecule has 2 aromatic carbocycles. The van der Waals surface area contributed by atoms with Gasteiger partial charge in [0.2, 0.25) is 11.8 Å². The van der Waals surface area contributed by atoms with Crippen molar-refractivity contribution in [2.75, 3.05) is 0 Å². The van der Waals surface area contributed by atoms with Gasteiger partial charge in [0, 0.05) is 23.9 Å². The van der Waals surface area contributed by atoms with Crippen molar-refractivity contribution in [1.82, 2.24) is 20.5 Å². The Bertz CT molecular complexity index is 1870. The lowest BCUT2D eigenvalue weighted by molar-refractivity contribution is 0.0953. The maximum atomic E-state index is 13.7. The molecule has 45 heavy (non-hydrogen) atoms. The molecule has 12 heteroatoms. The van der Waals surface area contributed by atoms with E-state index in [9.17, 15) is 22.8 Å². The van der Waals surface area contributed by atoms with Gasteiger partial charge in [-0.1, -0.05) is 32.0 Å². The van der Waals surface area contributed by atoms with Crippen LogP contribution in [-0.2, 0) is 25.8 Å². The molecule has 0 aliphatic carbocycles. The van der Waals surface area contributed by atoms with Crippen molar-refractivity contribution < 1.29 is 27.2 Å². The van der Waals surface area contributed by atoms with E-state index >= 15 is 0 Å². The molecule has 0 aliphatic heterocycles. The predicted molar refractivity (Wildman–Crippen MR) is 164 cm³/mol. The molecule has 8 nitrogen and oxygen atoms in total. The lowest BCUT2D eigenvalue weighted by Crippen LogP contribution is -2.21. The van der Waals surface area contributed by atoms with Gasteiger partial charge in [0.05, 0.1) is 27.4 Å². The number of thiophene rings is 1. The van der Waals surface area contributed by atoms with Gasteiger partial charge >= 0.3 is 0 Å². The predicted octanol–water partition coefficient (Wildman–Crippen LogP) is 6.60. The van der Waals surface area contributed by atoms with Crippen molar-refractivity contribution >= 4 is 23.2 Å². The average Bonchev–Trinajstić information content (AvgIpc) is 3.66. The van der Waals surface area contributed by atoms with E-state index in [2.05, 4.69) is 15.5 Å². The van der Waals surface area contributed by atoms with Crippen LogP contribution in [-0.4, -0.2) is 27.0 Å². The van der Waals surface area contributed by atoms with Crippen LogP contribution in [0.2, 0.25) is 0 Å². The Hall–Kier alpha value is -4.84. The minimum atomic E-state index is -1.01. The summed E-state index contributed by atoms with van der Waals surface area (Å²) >= 11 is 1.12. The van der Waals surface area contributed by atoms with Crippen molar-refractivity contribution in [1.29, 1.82) is 0 Å². The lowest BCUT2D eigenvalue weighted by atomic mass is 9.91. The van der Waals surface area contributed by atoms with E-state index in [1.807, 2.05) is 13.8 Å². The summed E-state index contributed by atoms with van der Waals surface area (Å²) in [5.41, 5.74) is 9.39. The zero-order valence-corrected chi connectivity index (χ0v) is 25.6. The number of halogens is 3. The number of aryl methyl sites for hydroxylation is 3. The highest BCUT2D eigenvalue weighted by Crippen LogP contribution is 2.41. The number of amides is 2. The van der Waals surface area contributed by atoms with Gasteiger partial charge in [-0.2, -0.15) is 0 Å². The van der Waals surface area contributed by atoms with Crippen LogP contribution >= 0.6 is 11.3 Å². The quantitative estimate of drug-likeness (QED) is 0.169. The Kier molecular flexibility index (Phi) is 9.43.